The van der Waals surface area contributed by atoms with Crippen LogP contribution in [0.5, 0.6) is 0 Å². The molecule has 15 heteroatoms. The summed E-state index contributed by atoms with van der Waals surface area (Å²) in [7, 11) is 0. The van der Waals surface area contributed by atoms with Crippen LogP contribution in [0.15, 0.2) is 24.3 Å². The second kappa shape index (κ2) is 16.7. The highest BCUT2D eigenvalue weighted by atomic mass is 16.2. The van der Waals surface area contributed by atoms with Crippen LogP contribution in [0.3, 0.4) is 0 Å². The number of rotatable bonds is 16. The van der Waals surface area contributed by atoms with E-state index in [4.69, 9.17) is 17.2 Å². The van der Waals surface area contributed by atoms with Crippen molar-refractivity contribution in [1.82, 2.24) is 21.3 Å². The highest BCUT2D eigenvalue weighted by Crippen LogP contribution is 2.10. The molecule has 0 aromatic heterocycles. The number of amides is 7. The third kappa shape index (κ3) is 11.9. The van der Waals surface area contributed by atoms with Gasteiger partial charge in [0.2, 0.25) is 41.4 Å². The summed E-state index contributed by atoms with van der Waals surface area (Å²) in [6.45, 7) is 7.80. The number of nitrogens with two attached hydrogens (primary N) is 3. The van der Waals surface area contributed by atoms with E-state index in [0.29, 0.717) is 5.69 Å². The maximum absolute atomic E-state index is 13.1. The first-order valence-electron chi connectivity index (χ1n) is 13.5. The van der Waals surface area contributed by atoms with Gasteiger partial charge < -0.3 is 43.8 Å². The SMILES string of the molecule is CC(C)[C@H](NC(=O)[C@@H](NC(=O)[C@@H](N)CCC(N)=O)C(C)C)C(=O)N[C@@H](C)C(=O)NCC(=O)Nc1ccc(C(N)=O)cc1. The lowest BCUT2D eigenvalue weighted by Crippen LogP contribution is -2.59. The topological polar surface area (TPSA) is 258 Å². The van der Waals surface area contributed by atoms with E-state index in [-0.39, 0.29) is 24.3 Å². The molecule has 0 heterocycles. The van der Waals surface area contributed by atoms with Crippen molar-refractivity contribution in [2.45, 2.75) is 71.6 Å². The number of hydrogen-bond acceptors (Lipinski definition) is 8. The summed E-state index contributed by atoms with van der Waals surface area (Å²) in [6, 6.07) is 1.65. The van der Waals surface area contributed by atoms with Crippen LogP contribution in [0.25, 0.3) is 0 Å². The summed E-state index contributed by atoms with van der Waals surface area (Å²) in [5, 5.41) is 12.7. The standard InChI is InChI=1S/C27H42N8O7/c1-13(2)21(35-27(42)22(14(3)4)34-25(40)18(28)10-11-19(29)36)26(41)32-15(5)24(39)31-12-20(37)33-17-8-6-16(7-9-17)23(30)38/h6-9,13-15,18,21-22H,10-12,28H2,1-5H3,(H2,29,36)(H2,30,38)(H,31,39)(H,32,41)(H,33,37)(H,34,40)(H,35,42)/t15-,18-,21-,22-/m0/s1. The van der Waals surface area contributed by atoms with E-state index in [1.54, 1.807) is 27.7 Å². The molecular weight excluding hydrogens is 548 g/mol. The zero-order chi connectivity index (χ0) is 32.1. The molecule has 0 radical (unpaired) electrons. The molecule has 0 bridgehead atoms. The number of anilines is 1. The second-order valence-corrected chi connectivity index (χ2v) is 10.5. The molecule has 15 nitrogen and oxygen atoms in total. The predicted octanol–water partition coefficient (Wildman–Crippen LogP) is -1.78. The van der Waals surface area contributed by atoms with Gasteiger partial charge >= 0.3 is 0 Å². The summed E-state index contributed by atoms with van der Waals surface area (Å²) in [6.07, 6.45) is -0.0817. The Kier molecular flexibility index (Phi) is 14.1. The van der Waals surface area contributed by atoms with Crippen molar-refractivity contribution < 1.29 is 33.6 Å². The van der Waals surface area contributed by atoms with Crippen molar-refractivity contribution >= 4 is 47.0 Å². The summed E-state index contributed by atoms with van der Waals surface area (Å²) in [5.74, 6) is -5.10. The summed E-state index contributed by atoms with van der Waals surface area (Å²) >= 11 is 0. The van der Waals surface area contributed by atoms with Crippen LogP contribution in [0, 0.1) is 11.8 Å². The average Bonchev–Trinajstić information content (AvgIpc) is 2.91. The zero-order valence-corrected chi connectivity index (χ0v) is 24.5. The number of benzene rings is 1. The molecule has 7 amide bonds. The molecule has 0 saturated carbocycles. The summed E-state index contributed by atoms with van der Waals surface area (Å²) < 4.78 is 0. The molecule has 232 valence electrons. The predicted molar refractivity (Wildman–Crippen MR) is 154 cm³/mol. The highest BCUT2D eigenvalue weighted by molar-refractivity contribution is 5.98. The van der Waals surface area contributed by atoms with E-state index in [0.717, 1.165) is 0 Å². The Bertz CT molecular complexity index is 1150. The van der Waals surface area contributed by atoms with Crippen molar-refractivity contribution in [1.29, 1.82) is 0 Å². The van der Waals surface area contributed by atoms with Gasteiger partial charge in [-0.3, -0.25) is 33.6 Å². The molecule has 0 fully saturated rings. The Labute approximate surface area is 244 Å². The van der Waals surface area contributed by atoms with Crippen LogP contribution in [0.4, 0.5) is 5.69 Å². The fourth-order valence-corrected chi connectivity index (χ4v) is 3.61. The Morgan fingerprint density at radius 3 is 1.69 bits per heavy atom. The van der Waals surface area contributed by atoms with Gasteiger partial charge in [-0.1, -0.05) is 27.7 Å². The largest absolute Gasteiger partial charge is 0.370 e. The Morgan fingerprint density at radius 2 is 1.21 bits per heavy atom. The van der Waals surface area contributed by atoms with Crippen molar-refractivity contribution in [3.8, 4) is 0 Å². The molecule has 4 atom stereocenters. The smallest absolute Gasteiger partial charge is 0.248 e. The first kappa shape index (κ1) is 35.5. The maximum Gasteiger partial charge on any atom is 0.248 e. The molecule has 0 unspecified atom stereocenters. The van der Waals surface area contributed by atoms with Gasteiger partial charge in [-0.05, 0) is 49.4 Å². The van der Waals surface area contributed by atoms with Crippen LogP contribution >= 0.6 is 0 Å². The maximum atomic E-state index is 13.1. The minimum Gasteiger partial charge on any atom is -0.370 e. The molecule has 42 heavy (non-hydrogen) atoms. The fourth-order valence-electron chi connectivity index (χ4n) is 3.61. The minimum absolute atomic E-state index is 0.0102. The first-order valence-corrected chi connectivity index (χ1v) is 13.5. The van der Waals surface area contributed by atoms with Gasteiger partial charge in [-0.15, -0.1) is 0 Å². The molecule has 0 aliphatic rings. The number of primary amides is 2. The summed E-state index contributed by atoms with van der Waals surface area (Å²) in [4.78, 5) is 85.3. The molecule has 1 aromatic rings. The van der Waals surface area contributed by atoms with E-state index in [9.17, 15) is 33.6 Å². The molecule has 0 saturated heterocycles. The van der Waals surface area contributed by atoms with Gasteiger partial charge in [-0.2, -0.15) is 0 Å². The number of nitrogens with one attached hydrogen (secondary N) is 5. The van der Waals surface area contributed by atoms with Crippen molar-refractivity contribution in [2.24, 2.45) is 29.0 Å². The number of carbonyl (C=O) groups excluding carboxylic acids is 7. The van der Waals surface area contributed by atoms with Crippen LogP contribution in [-0.2, 0) is 28.8 Å². The highest BCUT2D eigenvalue weighted by Gasteiger charge is 2.32. The molecule has 0 spiro atoms. The lowest BCUT2D eigenvalue weighted by atomic mass is 9.99. The van der Waals surface area contributed by atoms with E-state index < -0.39 is 78.0 Å². The molecule has 11 N–H and O–H groups in total. The normalized spacial score (nSPS) is 13.7. The third-order valence-corrected chi connectivity index (χ3v) is 6.16. The Hall–Kier alpha value is -4.53. The zero-order valence-electron chi connectivity index (χ0n) is 24.5. The summed E-state index contributed by atoms with van der Waals surface area (Å²) in [5.41, 5.74) is 16.7. The number of carbonyl (C=O) groups is 7. The van der Waals surface area contributed by atoms with Crippen molar-refractivity contribution in [3.63, 3.8) is 0 Å². The van der Waals surface area contributed by atoms with Gasteiger partial charge in [-0.25, -0.2) is 0 Å². The van der Waals surface area contributed by atoms with Gasteiger partial charge in [0.05, 0.1) is 12.6 Å². The molecule has 1 aromatic carbocycles. The van der Waals surface area contributed by atoms with E-state index in [1.165, 1.54) is 31.2 Å². The third-order valence-electron chi connectivity index (χ3n) is 6.16. The molecule has 1 rings (SSSR count). The van der Waals surface area contributed by atoms with Crippen LogP contribution in [0.1, 0.15) is 57.8 Å². The van der Waals surface area contributed by atoms with Crippen LogP contribution < -0.4 is 43.8 Å². The van der Waals surface area contributed by atoms with Gasteiger partial charge in [0.1, 0.15) is 18.1 Å². The number of hydrogen-bond donors (Lipinski definition) is 8. The first-order chi connectivity index (χ1) is 19.5. The lowest BCUT2D eigenvalue weighted by Gasteiger charge is -2.28. The lowest BCUT2D eigenvalue weighted by molar-refractivity contribution is -0.135. The van der Waals surface area contributed by atoms with Crippen LogP contribution in [0.2, 0.25) is 0 Å². The molecular formula is C27H42N8O7. The van der Waals surface area contributed by atoms with Crippen LogP contribution in [-0.4, -0.2) is 72.1 Å². The quantitative estimate of drug-likeness (QED) is 0.109. The van der Waals surface area contributed by atoms with E-state index in [1.807, 2.05) is 0 Å². The van der Waals surface area contributed by atoms with Gasteiger partial charge in [0.15, 0.2) is 0 Å². The molecule has 0 aliphatic carbocycles. The monoisotopic (exact) mass is 590 g/mol. The minimum atomic E-state index is -1.06. The van der Waals surface area contributed by atoms with Gasteiger partial charge in [0.25, 0.3) is 0 Å². The van der Waals surface area contributed by atoms with Gasteiger partial charge in [0, 0.05) is 17.7 Å². The fraction of sp³-hybridized carbons (Fsp3) is 0.519. The van der Waals surface area contributed by atoms with Crippen molar-refractivity contribution in [3.05, 3.63) is 29.8 Å². The average molecular weight is 591 g/mol. The molecule has 0 aliphatic heterocycles. The van der Waals surface area contributed by atoms with E-state index in [2.05, 4.69) is 26.6 Å². The Balaban J connectivity index is 2.71. The van der Waals surface area contributed by atoms with E-state index >= 15 is 0 Å². The Morgan fingerprint density at radius 1 is 0.714 bits per heavy atom. The van der Waals surface area contributed by atoms with Crippen molar-refractivity contribution in [2.75, 3.05) is 11.9 Å². The second-order valence-electron chi connectivity index (χ2n) is 10.5.